The van der Waals surface area contributed by atoms with E-state index in [1.807, 2.05) is 12.1 Å². The lowest BCUT2D eigenvalue weighted by molar-refractivity contribution is -0.115. The molecular formula is C12H14N2O. The topological polar surface area (TPSA) is 32.3 Å². The summed E-state index contributed by atoms with van der Waals surface area (Å²) >= 11 is 0. The first-order valence-electron chi connectivity index (χ1n) is 5.51. The highest BCUT2D eigenvalue weighted by atomic mass is 16.1. The van der Waals surface area contributed by atoms with E-state index in [2.05, 4.69) is 16.3 Å². The molecular weight excluding hydrogens is 188 g/mol. The van der Waals surface area contributed by atoms with Crippen LogP contribution < -0.4 is 10.2 Å². The first kappa shape index (κ1) is 8.77. The molecule has 1 aromatic rings. The van der Waals surface area contributed by atoms with Crippen molar-refractivity contribution >= 4 is 17.3 Å². The summed E-state index contributed by atoms with van der Waals surface area (Å²) < 4.78 is 0. The lowest BCUT2D eigenvalue weighted by Crippen LogP contribution is -2.18. The quantitative estimate of drug-likeness (QED) is 0.753. The van der Waals surface area contributed by atoms with Crippen molar-refractivity contribution in [3.05, 3.63) is 23.8 Å². The van der Waals surface area contributed by atoms with Gasteiger partial charge in [-0.3, -0.25) is 4.79 Å². The number of carbonyl (C=O) groups excluding carboxylic acids is 1. The Morgan fingerprint density at radius 3 is 2.80 bits per heavy atom. The molecule has 0 aliphatic carbocycles. The van der Waals surface area contributed by atoms with Crippen LogP contribution in [0.5, 0.6) is 0 Å². The molecule has 0 atom stereocenters. The van der Waals surface area contributed by atoms with Gasteiger partial charge in [-0.05, 0) is 25.0 Å². The molecule has 0 saturated carbocycles. The van der Waals surface area contributed by atoms with Crippen LogP contribution >= 0.6 is 0 Å². The van der Waals surface area contributed by atoms with E-state index >= 15 is 0 Å². The number of anilines is 2. The summed E-state index contributed by atoms with van der Waals surface area (Å²) in [7, 11) is 0. The maximum Gasteiger partial charge on any atom is 0.228 e. The second kappa shape index (κ2) is 3.26. The Balaban J connectivity index is 2.02. The standard InChI is InChI=1S/C12H14N2O/c15-12-8-9-10(13-12)4-3-5-11(9)14-6-1-2-7-14/h3-5H,1-2,6-8H2,(H,13,15). The van der Waals surface area contributed by atoms with Crippen molar-refractivity contribution in [1.82, 2.24) is 0 Å². The zero-order valence-corrected chi connectivity index (χ0v) is 8.62. The van der Waals surface area contributed by atoms with Crippen LogP contribution in [-0.2, 0) is 11.2 Å². The molecule has 0 bridgehead atoms. The predicted octanol–water partition coefficient (Wildman–Crippen LogP) is 1.78. The number of benzene rings is 1. The van der Waals surface area contributed by atoms with Crippen LogP contribution in [-0.4, -0.2) is 19.0 Å². The van der Waals surface area contributed by atoms with Crippen LogP contribution in [0.2, 0.25) is 0 Å². The Bertz CT molecular complexity index is 408. The number of carbonyl (C=O) groups is 1. The average Bonchev–Trinajstić information content (AvgIpc) is 2.82. The summed E-state index contributed by atoms with van der Waals surface area (Å²) in [6.07, 6.45) is 3.08. The van der Waals surface area contributed by atoms with Gasteiger partial charge in [-0.15, -0.1) is 0 Å². The van der Waals surface area contributed by atoms with Crippen LogP contribution in [0.3, 0.4) is 0 Å². The van der Waals surface area contributed by atoms with Gasteiger partial charge in [0.1, 0.15) is 0 Å². The highest BCUT2D eigenvalue weighted by molar-refractivity contribution is 6.01. The van der Waals surface area contributed by atoms with E-state index in [-0.39, 0.29) is 5.91 Å². The monoisotopic (exact) mass is 202 g/mol. The Kier molecular flexibility index (Phi) is 1.91. The molecule has 3 rings (SSSR count). The van der Waals surface area contributed by atoms with Crippen LogP contribution in [0.4, 0.5) is 11.4 Å². The minimum atomic E-state index is 0.122. The molecule has 0 radical (unpaired) electrons. The fraction of sp³-hybridized carbons (Fsp3) is 0.417. The summed E-state index contributed by atoms with van der Waals surface area (Å²) in [4.78, 5) is 13.7. The van der Waals surface area contributed by atoms with E-state index in [0.29, 0.717) is 6.42 Å². The summed E-state index contributed by atoms with van der Waals surface area (Å²) in [5.74, 6) is 0.122. The molecule has 2 heterocycles. The molecule has 1 saturated heterocycles. The van der Waals surface area contributed by atoms with Crippen molar-refractivity contribution in [3.63, 3.8) is 0 Å². The Morgan fingerprint density at radius 1 is 1.20 bits per heavy atom. The van der Waals surface area contributed by atoms with Crippen molar-refractivity contribution in [2.24, 2.45) is 0 Å². The number of hydrogen-bond donors (Lipinski definition) is 1. The second-order valence-corrected chi connectivity index (χ2v) is 4.22. The van der Waals surface area contributed by atoms with Crippen LogP contribution in [0.1, 0.15) is 18.4 Å². The summed E-state index contributed by atoms with van der Waals surface area (Å²) in [6.45, 7) is 2.26. The largest absolute Gasteiger partial charge is 0.371 e. The molecule has 0 unspecified atom stereocenters. The summed E-state index contributed by atoms with van der Waals surface area (Å²) in [5, 5.41) is 2.90. The van der Waals surface area contributed by atoms with Crippen molar-refractivity contribution in [1.29, 1.82) is 0 Å². The van der Waals surface area contributed by atoms with Gasteiger partial charge < -0.3 is 10.2 Å². The smallest absolute Gasteiger partial charge is 0.228 e. The molecule has 1 fully saturated rings. The molecule has 0 aromatic heterocycles. The SMILES string of the molecule is O=C1Cc2c(cccc2N2CCCC2)N1. The minimum absolute atomic E-state index is 0.122. The lowest BCUT2D eigenvalue weighted by atomic mass is 10.1. The molecule has 2 aliphatic rings. The zero-order chi connectivity index (χ0) is 10.3. The van der Waals surface area contributed by atoms with Gasteiger partial charge in [0.25, 0.3) is 0 Å². The van der Waals surface area contributed by atoms with Crippen LogP contribution in [0.25, 0.3) is 0 Å². The van der Waals surface area contributed by atoms with E-state index in [1.54, 1.807) is 0 Å². The number of rotatable bonds is 1. The third kappa shape index (κ3) is 1.39. The van der Waals surface area contributed by atoms with Crippen LogP contribution in [0.15, 0.2) is 18.2 Å². The molecule has 1 amide bonds. The van der Waals surface area contributed by atoms with Crippen molar-refractivity contribution < 1.29 is 4.79 Å². The van der Waals surface area contributed by atoms with E-state index < -0.39 is 0 Å². The normalized spacial score (nSPS) is 19.2. The number of nitrogens with zero attached hydrogens (tertiary/aromatic N) is 1. The van der Waals surface area contributed by atoms with Crippen molar-refractivity contribution in [2.45, 2.75) is 19.3 Å². The van der Waals surface area contributed by atoms with Gasteiger partial charge in [-0.25, -0.2) is 0 Å². The van der Waals surface area contributed by atoms with Gasteiger partial charge >= 0.3 is 0 Å². The Morgan fingerprint density at radius 2 is 2.00 bits per heavy atom. The zero-order valence-electron chi connectivity index (χ0n) is 8.62. The third-order valence-electron chi connectivity index (χ3n) is 3.21. The molecule has 3 nitrogen and oxygen atoms in total. The van der Waals surface area contributed by atoms with Gasteiger partial charge in [0.05, 0.1) is 6.42 Å². The van der Waals surface area contributed by atoms with Crippen molar-refractivity contribution in [3.8, 4) is 0 Å². The van der Waals surface area contributed by atoms with Gasteiger partial charge in [-0.1, -0.05) is 6.07 Å². The molecule has 0 spiro atoms. The van der Waals surface area contributed by atoms with Crippen molar-refractivity contribution in [2.75, 3.05) is 23.3 Å². The maximum atomic E-state index is 11.3. The highest BCUT2D eigenvalue weighted by Crippen LogP contribution is 2.33. The van der Waals surface area contributed by atoms with E-state index in [1.165, 1.54) is 24.1 Å². The highest BCUT2D eigenvalue weighted by Gasteiger charge is 2.24. The fourth-order valence-electron chi connectivity index (χ4n) is 2.49. The second-order valence-electron chi connectivity index (χ2n) is 4.22. The molecule has 1 aromatic carbocycles. The van der Waals surface area contributed by atoms with Gasteiger partial charge in [0, 0.05) is 30.0 Å². The van der Waals surface area contributed by atoms with Gasteiger partial charge in [0.2, 0.25) is 5.91 Å². The molecule has 1 N–H and O–H groups in total. The Hall–Kier alpha value is -1.51. The van der Waals surface area contributed by atoms with E-state index in [0.717, 1.165) is 18.8 Å². The maximum absolute atomic E-state index is 11.3. The van der Waals surface area contributed by atoms with Gasteiger partial charge in [-0.2, -0.15) is 0 Å². The van der Waals surface area contributed by atoms with E-state index in [4.69, 9.17) is 0 Å². The third-order valence-corrected chi connectivity index (χ3v) is 3.21. The molecule has 15 heavy (non-hydrogen) atoms. The molecule has 78 valence electrons. The van der Waals surface area contributed by atoms with Gasteiger partial charge in [0.15, 0.2) is 0 Å². The fourth-order valence-corrected chi connectivity index (χ4v) is 2.49. The number of fused-ring (bicyclic) bond motifs is 1. The number of nitrogens with one attached hydrogen (secondary N) is 1. The number of hydrogen-bond acceptors (Lipinski definition) is 2. The first-order chi connectivity index (χ1) is 7.34. The van der Waals surface area contributed by atoms with Crippen LogP contribution in [0, 0.1) is 0 Å². The molecule has 3 heteroatoms. The predicted molar refractivity (Wildman–Crippen MR) is 60.2 cm³/mol. The summed E-state index contributed by atoms with van der Waals surface area (Å²) in [6, 6.07) is 6.14. The summed E-state index contributed by atoms with van der Waals surface area (Å²) in [5.41, 5.74) is 3.44. The molecule has 2 aliphatic heterocycles. The van der Waals surface area contributed by atoms with E-state index in [9.17, 15) is 4.79 Å². The Labute approximate surface area is 89.1 Å². The number of amides is 1. The first-order valence-corrected chi connectivity index (χ1v) is 5.51. The minimum Gasteiger partial charge on any atom is -0.371 e. The lowest BCUT2D eigenvalue weighted by Gasteiger charge is -2.20. The average molecular weight is 202 g/mol.